The smallest absolute Gasteiger partial charge is 0.330 e. The summed E-state index contributed by atoms with van der Waals surface area (Å²) in [7, 11) is -3.95. The first-order valence-corrected chi connectivity index (χ1v) is 18.5. The Morgan fingerprint density at radius 2 is 1.52 bits per heavy atom. The summed E-state index contributed by atoms with van der Waals surface area (Å²) in [5, 5.41) is 10.8. The van der Waals surface area contributed by atoms with Gasteiger partial charge >= 0.3 is 10.2 Å². The zero-order valence-electron chi connectivity index (χ0n) is 26.3. The predicted octanol–water partition coefficient (Wildman–Crippen LogP) is 9.63. The number of rotatable bonds is 9. The molecule has 4 aromatic carbocycles. The van der Waals surface area contributed by atoms with Crippen LogP contribution in [0.5, 0.6) is 0 Å². The highest BCUT2D eigenvalue weighted by Crippen LogP contribution is 2.33. The van der Waals surface area contributed by atoms with Crippen molar-refractivity contribution in [3.8, 4) is 28.1 Å². The molecule has 1 fully saturated rings. The summed E-state index contributed by atoms with van der Waals surface area (Å²) in [5.74, 6) is 1.18. The molecule has 10 heteroatoms. The molecular formula is C38H36Cl2N4O3S. The molecule has 0 atom stereocenters. The Morgan fingerprint density at radius 3 is 2.19 bits per heavy atom. The van der Waals surface area contributed by atoms with Crippen LogP contribution >= 0.6 is 23.2 Å². The lowest BCUT2D eigenvalue weighted by Gasteiger charge is -2.21. The molecule has 0 amide bonds. The van der Waals surface area contributed by atoms with E-state index in [4.69, 9.17) is 28.2 Å². The van der Waals surface area contributed by atoms with Crippen LogP contribution in [0.2, 0.25) is 10.0 Å². The number of aliphatic hydroxyl groups excluding tert-OH is 1. The third-order valence-corrected chi connectivity index (χ3v) is 11.1. The molecule has 246 valence electrons. The van der Waals surface area contributed by atoms with Gasteiger partial charge in [-0.15, -0.1) is 0 Å². The number of anilines is 1. The first-order valence-electron chi connectivity index (χ1n) is 16.3. The second-order valence-electron chi connectivity index (χ2n) is 12.6. The minimum atomic E-state index is -3.95. The lowest BCUT2D eigenvalue weighted by Crippen LogP contribution is -2.29. The Hall–Kier alpha value is -4.24. The van der Waals surface area contributed by atoms with Crippen LogP contribution in [-0.2, 0) is 23.1 Å². The molecular weight excluding hydrogens is 663 g/mol. The summed E-state index contributed by atoms with van der Waals surface area (Å²) in [4.78, 5) is 4.99. The monoisotopic (exact) mass is 698 g/mol. The summed E-state index contributed by atoms with van der Waals surface area (Å²) in [6.45, 7) is 0. The van der Waals surface area contributed by atoms with Gasteiger partial charge in [0.1, 0.15) is 5.82 Å². The van der Waals surface area contributed by atoms with Gasteiger partial charge in [0, 0.05) is 28.9 Å². The maximum Gasteiger partial charge on any atom is 0.330 e. The summed E-state index contributed by atoms with van der Waals surface area (Å²) >= 11 is 12.8. The predicted molar refractivity (Wildman–Crippen MR) is 194 cm³/mol. The molecule has 0 bridgehead atoms. The Balaban J connectivity index is 1.15. The number of hydrogen-bond donors (Lipinski definition) is 2. The van der Waals surface area contributed by atoms with Crippen LogP contribution in [0.4, 0.5) is 5.69 Å². The molecule has 1 aliphatic heterocycles. The van der Waals surface area contributed by atoms with E-state index in [0.29, 0.717) is 33.5 Å². The number of aromatic nitrogens is 2. The van der Waals surface area contributed by atoms with E-state index in [2.05, 4.69) is 53.3 Å². The molecule has 7 nitrogen and oxygen atoms in total. The molecule has 0 saturated heterocycles. The number of imidazole rings is 1. The Kier molecular flexibility index (Phi) is 9.23. The van der Waals surface area contributed by atoms with Crippen molar-refractivity contribution in [3.63, 3.8) is 0 Å². The minimum absolute atomic E-state index is 0.360. The number of hydrogen-bond acceptors (Lipinski definition) is 4. The van der Waals surface area contributed by atoms with Crippen molar-refractivity contribution in [1.82, 2.24) is 14.3 Å². The number of nitrogens with one attached hydrogen (secondary N) is 1. The van der Waals surface area contributed by atoms with Crippen molar-refractivity contribution in [2.24, 2.45) is 5.92 Å². The van der Waals surface area contributed by atoms with Gasteiger partial charge in [0.25, 0.3) is 0 Å². The molecule has 48 heavy (non-hydrogen) atoms. The summed E-state index contributed by atoms with van der Waals surface area (Å²) < 4.78 is 30.2. The van der Waals surface area contributed by atoms with E-state index in [1.807, 2.05) is 22.9 Å². The zero-order valence-corrected chi connectivity index (χ0v) is 28.6. The largest absolute Gasteiger partial charge is 0.493 e. The molecule has 0 unspecified atom stereocenters. The fourth-order valence-electron chi connectivity index (χ4n) is 6.68. The number of benzene rings is 4. The van der Waals surface area contributed by atoms with Crippen molar-refractivity contribution >= 4 is 39.1 Å². The van der Waals surface area contributed by atoms with E-state index < -0.39 is 16.1 Å². The molecule has 0 spiro atoms. The van der Waals surface area contributed by atoms with Crippen LogP contribution in [0.25, 0.3) is 28.1 Å². The van der Waals surface area contributed by atoms with Gasteiger partial charge in [-0.25, -0.2) is 14.0 Å². The number of aliphatic hydroxyl groups is 1. The quantitative estimate of drug-likeness (QED) is 0.160. The number of nitrogens with zero attached hydrogens (tertiary/aromatic N) is 3. The number of halogens is 2. The van der Waals surface area contributed by atoms with Gasteiger partial charge in [0.05, 0.1) is 22.6 Å². The fourth-order valence-corrected chi connectivity index (χ4v) is 8.23. The van der Waals surface area contributed by atoms with Crippen molar-refractivity contribution in [2.75, 3.05) is 4.31 Å². The maximum atomic E-state index is 12.6. The van der Waals surface area contributed by atoms with Crippen LogP contribution in [0.15, 0.2) is 109 Å². The highest BCUT2D eigenvalue weighted by Gasteiger charge is 2.29. The van der Waals surface area contributed by atoms with Gasteiger partial charge in [0.15, 0.2) is 0 Å². The molecule has 1 aromatic heterocycles. The molecule has 2 heterocycles. The molecule has 0 radical (unpaired) electrons. The van der Waals surface area contributed by atoms with Gasteiger partial charge in [-0.3, -0.25) is 0 Å². The zero-order chi connectivity index (χ0) is 33.3. The second kappa shape index (κ2) is 13.7. The average molecular weight is 700 g/mol. The lowest BCUT2D eigenvalue weighted by atomic mass is 9.85. The third kappa shape index (κ3) is 7.11. The summed E-state index contributed by atoms with van der Waals surface area (Å²) in [6, 6.07) is 29.8. The van der Waals surface area contributed by atoms with Gasteiger partial charge in [-0.1, -0.05) is 110 Å². The highest BCUT2D eigenvalue weighted by molar-refractivity contribution is 7.91. The van der Waals surface area contributed by atoms with E-state index in [9.17, 15) is 13.5 Å². The van der Waals surface area contributed by atoms with Gasteiger partial charge in [0.2, 0.25) is 5.88 Å². The van der Waals surface area contributed by atoms with Crippen LogP contribution < -0.4 is 9.03 Å². The molecule has 1 aliphatic carbocycles. The van der Waals surface area contributed by atoms with Crippen LogP contribution in [0, 0.1) is 5.92 Å². The molecule has 7 rings (SSSR count). The summed E-state index contributed by atoms with van der Waals surface area (Å²) in [5.41, 5.74) is 7.25. The van der Waals surface area contributed by atoms with Crippen molar-refractivity contribution in [3.05, 3.63) is 136 Å². The summed E-state index contributed by atoms with van der Waals surface area (Å²) in [6.07, 6.45) is 12.9. The number of aryl methyl sites for hydroxylation is 1. The molecule has 5 aromatic rings. The maximum absolute atomic E-state index is 12.6. The van der Waals surface area contributed by atoms with E-state index >= 15 is 0 Å². The highest BCUT2D eigenvalue weighted by atomic mass is 35.5. The average Bonchev–Trinajstić information content (AvgIpc) is 3.63. The van der Waals surface area contributed by atoms with Gasteiger partial charge in [-0.2, -0.15) is 8.42 Å². The topological polar surface area (TPSA) is 87.5 Å². The normalized spacial score (nSPS) is 16.1. The Bertz CT molecular complexity index is 2070. The third-order valence-electron chi connectivity index (χ3n) is 9.25. The van der Waals surface area contributed by atoms with Crippen molar-refractivity contribution < 1.29 is 13.5 Å². The van der Waals surface area contributed by atoms with E-state index in [-0.39, 0.29) is 0 Å². The Morgan fingerprint density at radius 1 is 0.833 bits per heavy atom. The lowest BCUT2D eigenvalue weighted by molar-refractivity contribution is 0.339. The van der Waals surface area contributed by atoms with Gasteiger partial charge in [-0.05, 0) is 77.4 Å². The van der Waals surface area contributed by atoms with E-state index in [1.165, 1.54) is 49.7 Å². The van der Waals surface area contributed by atoms with Crippen molar-refractivity contribution in [2.45, 2.75) is 51.4 Å². The first kappa shape index (κ1) is 32.3. The molecule has 1 saturated carbocycles. The van der Waals surface area contributed by atoms with Crippen LogP contribution in [-0.4, -0.2) is 23.1 Å². The SMILES string of the molecule is O=S1(=O)NC(O)=CN1c1cccc(-n2cc(-c3ccc(Cl)cc3Cl)nc2Cc2ccc(-c3ccc(CCC4CCCCC4)cc3)cc2)c1. The van der Waals surface area contributed by atoms with Crippen LogP contribution in [0.3, 0.4) is 0 Å². The fraction of sp³-hybridized carbons (Fsp3) is 0.237. The van der Waals surface area contributed by atoms with Gasteiger partial charge < -0.3 is 9.67 Å². The van der Waals surface area contributed by atoms with E-state index in [1.54, 1.807) is 30.3 Å². The van der Waals surface area contributed by atoms with E-state index in [0.717, 1.165) is 45.4 Å². The first-order chi connectivity index (χ1) is 23.2. The second-order valence-corrected chi connectivity index (χ2v) is 15.0. The standard InChI is InChI=1S/C38H36Cl2N4O3S/c39-31-19-20-34(35(40)22-31)36-24-43(32-7-4-8-33(23-32)44-25-38(45)42-48(44,46)47)37(41-36)21-28-13-17-30(18-14-28)29-15-11-27(12-16-29)10-9-26-5-2-1-3-6-26/h4,7-8,11-20,22-26,42,45H,1-3,5-6,9-10,21H2. The van der Waals surface area contributed by atoms with Crippen molar-refractivity contribution in [1.29, 1.82) is 0 Å². The molecule has 2 aliphatic rings. The molecule has 2 N–H and O–H groups in total. The Labute approximate surface area is 291 Å². The minimum Gasteiger partial charge on any atom is -0.493 e. The van der Waals surface area contributed by atoms with Crippen LogP contribution in [0.1, 0.15) is 55.5 Å².